The molecule has 3 aromatic rings. The van der Waals surface area contributed by atoms with Gasteiger partial charge >= 0.3 is 0 Å². The minimum absolute atomic E-state index is 0.0993. The van der Waals surface area contributed by atoms with Crippen molar-refractivity contribution in [2.75, 3.05) is 0 Å². The second kappa shape index (κ2) is 7.35. The molecule has 0 fully saturated rings. The number of hydrogen-bond acceptors (Lipinski definition) is 5. The average Bonchev–Trinajstić information content (AvgIpc) is 3.28. The molecule has 25 heavy (non-hydrogen) atoms. The van der Waals surface area contributed by atoms with Crippen LogP contribution < -0.4 is 0 Å². The van der Waals surface area contributed by atoms with Crippen LogP contribution >= 0.6 is 11.3 Å². The molecule has 0 bridgehead atoms. The molecule has 2 aromatic heterocycles. The van der Waals surface area contributed by atoms with Gasteiger partial charge in [0.15, 0.2) is 5.78 Å². The zero-order valence-electron chi connectivity index (χ0n) is 13.6. The van der Waals surface area contributed by atoms with Crippen molar-refractivity contribution in [2.24, 2.45) is 0 Å². The van der Waals surface area contributed by atoms with Crippen LogP contribution in [0.15, 0.2) is 69.7 Å². The summed E-state index contributed by atoms with van der Waals surface area (Å²) in [4.78, 5) is 12.5. The minimum atomic E-state index is -3.71. The molecule has 2 heterocycles. The van der Waals surface area contributed by atoms with E-state index in [-0.39, 0.29) is 23.8 Å². The number of furan rings is 1. The smallest absolute Gasteiger partial charge is 0.243 e. The van der Waals surface area contributed by atoms with E-state index in [9.17, 15) is 13.2 Å². The summed E-state index contributed by atoms with van der Waals surface area (Å²) >= 11 is 1.51. The molecule has 0 N–H and O–H groups in total. The zero-order valence-corrected chi connectivity index (χ0v) is 15.2. The van der Waals surface area contributed by atoms with Crippen LogP contribution in [-0.4, -0.2) is 18.5 Å². The lowest BCUT2D eigenvalue weighted by Gasteiger charge is -2.21. The van der Waals surface area contributed by atoms with Crippen molar-refractivity contribution in [1.82, 2.24) is 4.31 Å². The van der Waals surface area contributed by atoms with E-state index in [1.54, 1.807) is 6.07 Å². The van der Waals surface area contributed by atoms with Gasteiger partial charge in [-0.1, -0.05) is 18.2 Å². The number of carbonyl (C=O) groups is 1. The molecule has 0 unspecified atom stereocenters. The topological polar surface area (TPSA) is 67.6 Å². The monoisotopic (exact) mass is 375 g/mol. The number of thiophene rings is 1. The highest BCUT2D eigenvalue weighted by Crippen LogP contribution is 2.23. The van der Waals surface area contributed by atoms with E-state index >= 15 is 0 Å². The summed E-state index contributed by atoms with van der Waals surface area (Å²) in [6, 6.07) is 11.6. The van der Waals surface area contributed by atoms with E-state index in [4.69, 9.17) is 4.42 Å². The first kappa shape index (κ1) is 17.6. The first-order chi connectivity index (χ1) is 12.0. The highest BCUT2D eigenvalue weighted by atomic mass is 32.2. The van der Waals surface area contributed by atoms with Gasteiger partial charge in [0.25, 0.3) is 0 Å². The molecule has 0 aliphatic heterocycles. The predicted octanol–water partition coefficient (Wildman–Crippen LogP) is 3.93. The Hall–Kier alpha value is -2.22. The van der Waals surface area contributed by atoms with Gasteiger partial charge in [-0.3, -0.25) is 4.79 Å². The summed E-state index contributed by atoms with van der Waals surface area (Å²) < 4.78 is 32.6. The van der Waals surface area contributed by atoms with Gasteiger partial charge < -0.3 is 4.42 Å². The normalized spacial score (nSPS) is 11.8. The minimum Gasteiger partial charge on any atom is -0.472 e. The van der Waals surface area contributed by atoms with Crippen molar-refractivity contribution in [3.05, 3.63) is 76.4 Å². The van der Waals surface area contributed by atoms with Crippen LogP contribution in [0.4, 0.5) is 0 Å². The van der Waals surface area contributed by atoms with E-state index in [0.29, 0.717) is 5.56 Å². The number of rotatable bonds is 7. The molecular weight excluding hydrogens is 358 g/mol. The summed E-state index contributed by atoms with van der Waals surface area (Å²) in [6.07, 6.45) is 3.06. The number of hydrogen-bond donors (Lipinski definition) is 0. The van der Waals surface area contributed by atoms with Crippen LogP contribution in [0, 0.1) is 0 Å². The van der Waals surface area contributed by atoms with E-state index in [2.05, 4.69) is 0 Å². The lowest BCUT2D eigenvalue weighted by Crippen LogP contribution is -2.29. The Morgan fingerprint density at radius 2 is 1.88 bits per heavy atom. The predicted molar refractivity (Wildman–Crippen MR) is 95.9 cm³/mol. The second-order valence-corrected chi connectivity index (χ2v) is 8.53. The van der Waals surface area contributed by atoms with Crippen molar-refractivity contribution in [1.29, 1.82) is 0 Å². The highest BCUT2D eigenvalue weighted by Gasteiger charge is 2.25. The molecule has 3 rings (SSSR count). The Bertz CT molecular complexity index is 891. The van der Waals surface area contributed by atoms with Crippen molar-refractivity contribution in [2.45, 2.75) is 24.9 Å². The third kappa shape index (κ3) is 4.07. The second-order valence-electron chi connectivity index (χ2n) is 5.56. The largest absolute Gasteiger partial charge is 0.472 e. The Balaban J connectivity index is 1.93. The van der Waals surface area contributed by atoms with Crippen LogP contribution in [-0.2, 0) is 23.1 Å². The van der Waals surface area contributed by atoms with E-state index in [0.717, 1.165) is 10.4 Å². The number of benzene rings is 1. The Morgan fingerprint density at radius 1 is 1.12 bits per heavy atom. The van der Waals surface area contributed by atoms with Crippen molar-refractivity contribution in [3.8, 4) is 0 Å². The molecule has 0 aliphatic rings. The fourth-order valence-electron chi connectivity index (χ4n) is 2.40. The SMILES string of the molecule is CC(=O)c1ccc(S(=O)(=O)N(Cc2ccoc2)Cc2cccs2)cc1. The first-order valence-corrected chi connectivity index (χ1v) is 9.93. The molecule has 0 amide bonds. The molecule has 0 aliphatic carbocycles. The third-order valence-electron chi connectivity index (χ3n) is 3.75. The molecule has 5 nitrogen and oxygen atoms in total. The summed E-state index contributed by atoms with van der Waals surface area (Å²) in [5.41, 5.74) is 1.26. The molecule has 7 heteroatoms. The maximum atomic E-state index is 13.1. The molecule has 0 saturated heterocycles. The Kier molecular flexibility index (Phi) is 5.17. The van der Waals surface area contributed by atoms with Crippen LogP contribution in [0.3, 0.4) is 0 Å². The van der Waals surface area contributed by atoms with Gasteiger partial charge in [0.05, 0.1) is 17.4 Å². The molecular formula is C18H17NO4S2. The molecule has 1 aromatic carbocycles. The number of nitrogens with zero attached hydrogens (tertiary/aromatic N) is 1. The zero-order chi connectivity index (χ0) is 17.9. The number of sulfonamides is 1. The van der Waals surface area contributed by atoms with Crippen LogP contribution in [0.1, 0.15) is 27.7 Å². The lowest BCUT2D eigenvalue weighted by molar-refractivity contribution is 0.101. The summed E-state index contributed by atoms with van der Waals surface area (Å²) in [5.74, 6) is -0.0993. The number of Topliss-reactive ketones (excluding diaryl/α,β-unsaturated/α-hetero) is 1. The Morgan fingerprint density at radius 3 is 2.44 bits per heavy atom. The van der Waals surface area contributed by atoms with E-state index in [1.807, 2.05) is 17.5 Å². The summed E-state index contributed by atoms with van der Waals surface area (Å²) in [6.45, 7) is 1.94. The lowest BCUT2D eigenvalue weighted by atomic mass is 10.2. The third-order valence-corrected chi connectivity index (χ3v) is 6.42. The van der Waals surface area contributed by atoms with E-state index in [1.165, 1.54) is 59.4 Å². The molecule has 0 radical (unpaired) electrons. The van der Waals surface area contributed by atoms with Crippen LogP contribution in [0.5, 0.6) is 0 Å². The maximum absolute atomic E-state index is 13.1. The van der Waals surface area contributed by atoms with Crippen molar-refractivity contribution < 1.29 is 17.6 Å². The van der Waals surface area contributed by atoms with Gasteiger partial charge in [0.1, 0.15) is 0 Å². The van der Waals surface area contributed by atoms with Gasteiger partial charge in [0.2, 0.25) is 10.0 Å². The van der Waals surface area contributed by atoms with Crippen molar-refractivity contribution >= 4 is 27.1 Å². The average molecular weight is 375 g/mol. The summed E-state index contributed by atoms with van der Waals surface area (Å²) in [7, 11) is -3.71. The standard InChI is InChI=1S/C18H17NO4S2/c1-14(20)16-4-6-18(7-5-16)25(21,22)19(11-15-8-9-23-13-15)12-17-3-2-10-24-17/h2-10,13H,11-12H2,1H3. The molecule has 130 valence electrons. The van der Waals surface area contributed by atoms with Crippen LogP contribution in [0.25, 0.3) is 0 Å². The van der Waals surface area contributed by atoms with Gasteiger partial charge in [-0.05, 0) is 36.6 Å². The van der Waals surface area contributed by atoms with Gasteiger partial charge in [-0.15, -0.1) is 11.3 Å². The maximum Gasteiger partial charge on any atom is 0.243 e. The van der Waals surface area contributed by atoms with Crippen molar-refractivity contribution in [3.63, 3.8) is 0 Å². The Labute approximate surface area is 150 Å². The van der Waals surface area contributed by atoms with Gasteiger partial charge in [-0.2, -0.15) is 4.31 Å². The van der Waals surface area contributed by atoms with Crippen LogP contribution in [0.2, 0.25) is 0 Å². The summed E-state index contributed by atoms with van der Waals surface area (Å²) in [5, 5.41) is 1.92. The fraction of sp³-hybridized carbons (Fsp3) is 0.167. The molecule has 0 spiro atoms. The molecule has 0 atom stereocenters. The van der Waals surface area contributed by atoms with E-state index < -0.39 is 10.0 Å². The first-order valence-electron chi connectivity index (χ1n) is 7.61. The number of carbonyl (C=O) groups excluding carboxylic acids is 1. The molecule has 0 saturated carbocycles. The van der Waals surface area contributed by atoms with Gasteiger partial charge in [0, 0.05) is 29.1 Å². The fourth-order valence-corrected chi connectivity index (χ4v) is 4.61. The highest BCUT2D eigenvalue weighted by molar-refractivity contribution is 7.89. The quantitative estimate of drug-likeness (QED) is 0.587. The van der Waals surface area contributed by atoms with Gasteiger partial charge in [-0.25, -0.2) is 8.42 Å². The number of ketones is 1.